The first-order valence-corrected chi connectivity index (χ1v) is 10.5. The van der Waals surface area contributed by atoms with E-state index in [1.54, 1.807) is 24.3 Å². The lowest BCUT2D eigenvalue weighted by Crippen LogP contribution is -2.45. The van der Waals surface area contributed by atoms with E-state index in [0.717, 1.165) is 37.5 Å². The van der Waals surface area contributed by atoms with Gasteiger partial charge in [0.1, 0.15) is 0 Å². The fraction of sp³-hybridized carbons (Fsp3) is 0.364. The van der Waals surface area contributed by atoms with E-state index in [4.69, 9.17) is 23.2 Å². The molecule has 1 aliphatic rings. The van der Waals surface area contributed by atoms with Crippen LogP contribution < -0.4 is 10.6 Å². The number of hydrogen-bond acceptors (Lipinski definition) is 3. The summed E-state index contributed by atoms with van der Waals surface area (Å²) in [5, 5.41) is 7.18. The Balaban J connectivity index is 1.32. The maximum atomic E-state index is 12.2. The molecule has 0 aliphatic carbocycles. The fourth-order valence-electron chi connectivity index (χ4n) is 3.38. The first-order valence-electron chi connectivity index (χ1n) is 9.79. The molecule has 1 heterocycles. The highest BCUT2D eigenvalue weighted by Gasteiger charge is 2.20. The summed E-state index contributed by atoms with van der Waals surface area (Å²) >= 11 is 11.7. The van der Waals surface area contributed by atoms with Crippen LogP contribution >= 0.6 is 23.2 Å². The van der Waals surface area contributed by atoms with Crippen molar-refractivity contribution in [3.8, 4) is 0 Å². The third-order valence-corrected chi connectivity index (χ3v) is 5.52. The molecule has 1 saturated heterocycles. The van der Waals surface area contributed by atoms with Crippen molar-refractivity contribution in [2.24, 2.45) is 0 Å². The van der Waals surface area contributed by atoms with Gasteiger partial charge in [-0.25, -0.2) is 0 Å². The van der Waals surface area contributed by atoms with Crippen LogP contribution in [0, 0.1) is 0 Å². The second-order valence-electron chi connectivity index (χ2n) is 7.26. The summed E-state index contributed by atoms with van der Waals surface area (Å²) < 4.78 is 0. The van der Waals surface area contributed by atoms with E-state index in [1.165, 1.54) is 5.56 Å². The van der Waals surface area contributed by atoms with E-state index in [2.05, 4.69) is 27.7 Å². The van der Waals surface area contributed by atoms with E-state index < -0.39 is 0 Å². The largest absolute Gasteiger partial charge is 0.353 e. The Bertz CT molecular complexity index is 817. The van der Waals surface area contributed by atoms with Crippen LogP contribution in [0.5, 0.6) is 0 Å². The zero-order chi connectivity index (χ0) is 20.6. The minimum Gasteiger partial charge on any atom is -0.353 e. The van der Waals surface area contributed by atoms with E-state index in [-0.39, 0.29) is 24.3 Å². The molecule has 29 heavy (non-hydrogen) atoms. The van der Waals surface area contributed by atoms with Crippen LogP contribution in [0.3, 0.4) is 0 Å². The van der Waals surface area contributed by atoms with Gasteiger partial charge in [-0.3, -0.25) is 14.5 Å². The summed E-state index contributed by atoms with van der Waals surface area (Å²) in [6.07, 6.45) is 2.12. The van der Waals surface area contributed by atoms with Gasteiger partial charge in [-0.05, 0) is 54.8 Å². The molecule has 0 unspecified atom stereocenters. The van der Waals surface area contributed by atoms with Crippen LogP contribution in [0.15, 0.2) is 48.5 Å². The summed E-state index contributed by atoms with van der Waals surface area (Å²) in [7, 11) is 0. The summed E-state index contributed by atoms with van der Waals surface area (Å²) in [6, 6.07) is 14.8. The van der Waals surface area contributed by atoms with Crippen molar-refractivity contribution in [1.29, 1.82) is 0 Å². The van der Waals surface area contributed by atoms with Crippen LogP contribution in [0.2, 0.25) is 10.0 Å². The number of piperidine rings is 1. The number of nitrogens with zero attached hydrogens (tertiary/aromatic N) is 1. The molecule has 0 saturated carbocycles. The summed E-state index contributed by atoms with van der Waals surface area (Å²) in [5.41, 5.74) is 1.77. The molecular weight excluding hydrogens is 409 g/mol. The lowest BCUT2D eigenvalue weighted by molar-refractivity contribution is -0.122. The minimum atomic E-state index is -0.204. The Morgan fingerprint density at radius 1 is 0.931 bits per heavy atom. The molecule has 0 radical (unpaired) electrons. The normalized spacial score (nSPS) is 15.1. The predicted octanol–water partition coefficient (Wildman–Crippen LogP) is 3.89. The van der Waals surface area contributed by atoms with Gasteiger partial charge in [-0.15, -0.1) is 0 Å². The van der Waals surface area contributed by atoms with Gasteiger partial charge in [0.25, 0.3) is 5.91 Å². The highest BCUT2D eigenvalue weighted by molar-refractivity contribution is 6.30. The predicted molar refractivity (Wildman–Crippen MR) is 116 cm³/mol. The SMILES string of the molecule is O=C(CCNC(=O)c1ccc(Cl)cc1)NC1CCN(Cc2ccc(Cl)cc2)CC1. The van der Waals surface area contributed by atoms with E-state index in [9.17, 15) is 9.59 Å². The maximum Gasteiger partial charge on any atom is 0.251 e. The zero-order valence-corrected chi connectivity index (χ0v) is 17.7. The molecule has 3 rings (SSSR count). The Labute approximate surface area is 181 Å². The maximum absolute atomic E-state index is 12.2. The molecule has 2 aromatic rings. The molecule has 0 atom stereocenters. The molecule has 2 aromatic carbocycles. The Morgan fingerprint density at radius 3 is 2.14 bits per heavy atom. The number of rotatable bonds is 7. The van der Waals surface area contributed by atoms with Gasteiger partial charge in [0.2, 0.25) is 5.91 Å². The summed E-state index contributed by atoms with van der Waals surface area (Å²) in [4.78, 5) is 26.6. The Morgan fingerprint density at radius 2 is 1.52 bits per heavy atom. The van der Waals surface area contributed by atoms with E-state index in [1.807, 2.05) is 12.1 Å². The highest BCUT2D eigenvalue weighted by atomic mass is 35.5. The molecule has 2 amide bonds. The van der Waals surface area contributed by atoms with E-state index >= 15 is 0 Å². The number of carbonyl (C=O) groups is 2. The topological polar surface area (TPSA) is 61.4 Å². The minimum absolute atomic E-state index is 0.0300. The van der Waals surface area contributed by atoms with Gasteiger partial charge < -0.3 is 10.6 Å². The molecule has 5 nitrogen and oxygen atoms in total. The molecule has 0 spiro atoms. The standard InChI is InChI=1S/C22H25Cl2N3O2/c23-18-5-1-16(2-6-18)15-27-13-10-20(11-14-27)26-21(28)9-12-25-22(29)17-3-7-19(24)8-4-17/h1-8,20H,9-15H2,(H,25,29)(H,26,28). The van der Waals surface area contributed by atoms with Gasteiger partial charge in [-0.2, -0.15) is 0 Å². The van der Waals surface area contributed by atoms with Crippen molar-refractivity contribution in [3.63, 3.8) is 0 Å². The molecule has 1 aliphatic heterocycles. The summed E-state index contributed by atoms with van der Waals surface area (Å²) in [5.74, 6) is -0.234. The monoisotopic (exact) mass is 433 g/mol. The van der Waals surface area contributed by atoms with Crippen molar-refractivity contribution >= 4 is 35.0 Å². The van der Waals surface area contributed by atoms with Gasteiger partial charge >= 0.3 is 0 Å². The van der Waals surface area contributed by atoms with Gasteiger partial charge in [0.05, 0.1) is 0 Å². The fourth-order valence-corrected chi connectivity index (χ4v) is 3.63. The van der Waals surface area contributed by atoms with E-state index in [0.29, 0.717) is 17.1 Å². The first-order chi connectivity index (χ1) is 14.0. The van der Waals surface area contributed by atoms with Crippen molar-refractivity contribution < 1.29 is 9.59 Å². The molecule has 2 N–H and O–H groups in total. The Kier molecular flexibility index (Phi) is 7.92. The number of benzene rings is 2. The van der Waals surface area contributed by atoms with Crippen LogP contribution in [-0.4, -0.2) is 42.4 Å². The first kappa shape index (κ1) is 21.6. The summed E-state index contributed by atoms with van der Waals surface area (Å²) in [6.45, 7) is 3.10. The molecule has 7 heteroatoms. The molecular formula is C22H25Cl2N3O2. The second-order valence-corrected chi connectivity index (χ2v) is 8.13. The third kappa shape index (κ3) is 7.03. The smallest absolute Gasteiger partial charge is 0.251 e. The highest BCUT2D eigenvalue weighted by Crippen LogP contribution is 2.16. The number of halogens is 2. The average Bonchev–Trinajstić information content (AvgIpc) is 2.71. The Hall–Kier alpha value is -2.08. The van der Waals surface area contributed by atoms with Crippen LogP contribution in [0.25, 0.3) is 0 Å². The zero-order valence-electron chi connectivity index (χ0n) is 16.2. The molecule has 1 fully saturated rings. The molecule has 0 bridgehead atoms. The van der Waals surface area contributed by atoms with Crippen LogP contribution in [0.1, 0.15) is 35.2 Å². The van der Waals surface area contributed by atoms with Crippen LogP contribution in [-0.2, 0) is 11.3 Å². The number of nitrogens with one attached hydrogen (secondary N) is 2. The van der Waals surface area contributed by atoms with Gasteiger partial charge in [0.15, 0.2) is 0 Å². The second kappa shape index (κ2) is 10.6. The quantitative estimate of drug-likeness (QED) is 0.695. The number of hydrogen-bond donors (Lipinski definition) is 2. The number of carbonyl (C=O) groups excluding carboxylic acids is 2. The van der Waals surface area contributed by atoms with Crippen molar-refractivity contribution in [3.05, 3.63) is 69.7 Å². The lowest BCUT2D eigenvalue weighted by Gasteiger charge is -2.32. The molecule has 0 aromatic heterocycles. The van der Waals surface area contributed by atoms with Crippen molar-refractivity contribution in [2.75, 3.05) is 19.6 Å². The van der Waals surface area contributed by atoms with Gasteiger partial charge in [-0.1, -0.05) is 35.3 Å². The third-order valence-electron chi connectivity index (χ3n) is 5.02. The number of amides is 2. The number of likely N-dealkylation sites (tertiary alicyclic amines) is 1. The van der Waals surface area contributed by atoms with Crippen LogP contribution in [0.4, 0.5) is 0 Å². The average molecular weight is 434 g/mol. The molecule has 154 valence electrons. The van der Waals surface area contributed by atoms with Gasteiger partial charge in [0, 0.05) is 54.3 Å². The van der Waals surface area contributed by atoms with Crippen molar-refractivity contribution in [2.45, 2.75) is 31.8 Å². The van der Waals surface area contributed by atoms with Crippen molar-refractivity contribution in [1.82, 2.24) is 15.5 Å². The lowest BCUT2D eigenvalue weighted by atomic mass is 10.0.